The Morgan fingerprint density at radius 2 is 1.83 bits per heavy atom. The normalized spacial score (nSPS) is 17.2. The van der Waals surface area contributed by atoms with Gasteiger partial charge in [0.2, 0.25) is 0 Å². The van der Waals surface area contributed by atoms with Gasteiger partial charge in [0.1, 0.15) is 11.5 Å². The summed E-state index contributed by atoms with van der Waals surface area (Å²) in [5.74, 6) is 0.997. The van der Waals surface area contributed by atoms with Crippen LogP contribution in [0.15, 0.2) is 48.5 Å². The average Bonchev–Trinajstić information content (AvgIpc) is 2.66. The number of carbonyl (C=O) groups excluding carboxylic acids is 1. The summed E-state index contributed by atoms with van der Waals surface area (Å²) in [6, 6.07) is 14.4. The van der Waals surface area contributed by atoms with Crippen molar-refractivity contribution in [2.24, 2.45) is 0 Å². The minimum atomic E-state index is -0.918. The van der Waals surface area contributed by atoms with E-state index < -0.39 is 6.23 Å². The summed E-state index contributed by atoms with van der Waals surface area (Å²) in [7, 11) is 0. The molecule has 2 aromatic rings. The van der Waals surface area contributed by atoms with Gasteiger partial charge in [0.15, 0.2) is 6.23 Å². The quantitative estimate of drug-likeness (QED) is 0.847. The highest BCUT2D eigenvalue weighted by molar-refractivity contribution is 5.99. The van der Waals surface area contributed by atoms with Crippen molar-refractivity contribution in [2.45, 2.75) is 6.23 Å². The molecule has 0 aliphatic carbocycles. The third kappa shape index (κ3) is 1.83. The summed E-state index contributed by atoms with van der Waals surface area (Å²) in [5, 5.41) is 12.0. The molecule has 3 rings (SSSR count). The number of ether oxygens (including phenoxy) is 1. The van der Waals surface area contributed by atoms with Gasteiger partial charge in [0.05, 0.1) is 5.56 Å². The number of para-hydroxylation sites is 1. The largest absolute Gasteiger partial charge is 0.457 e. The highest BCUT2D eigenvalue weighted by Crippen LogP contribution is 2.29. The Balaban J connectivity index is 1.92. The Morgan fingerprint density at radius 3 is 2.61 bits per heavy atom. The maximum atomic E-state index is 11.6. The number of rotatable bonds is 2. The highest BCUT2D eigenvalue weighted by Gasteiger charge is 2.26. The van der Waals surface area contributed by atoms with Gasteiger partial charge in [-0.3, -0.25) is 4.79 Å². The van der Waals surface area contributed by atoms with Crippen molar-refractivity contribution in [3.05, 3.63) is 59.7 Å². The van der Waals surface area contributed by atoms with Crippen molar-refractivity contribution in [2.75, 3.05) is 0 Å². The van der Waals surface area contributed by atoms with Crippen LogP contribution in [0.5, 0.6) is 11.5 Å². The highest BCUT2D eigenvalue weighted by atomic mass is 16.5. The molecular weight excluding hydrogens is 230 g/mol. The van der Waals surface area contributed by atoms with E-state index in [0.29, 0.717) is 22.6 Å². The number of benzene rings is 2. The minimum Gasteiger partial charge on any atom is -0.457 e. The van der Waals surface area contributed by atoms with Gasteiger partial charge in [-0.15, -0.1) is 0 Å². The smallest absolute Gasteiger partial charge is 0.254 e. The van der Waals surface area contributed by atoms with Gasteiger partial charge in [0, 0.05) is 5.56 Å². The molecule has 0 aromatic heterocycles. The number of aliphatic hydroxyl groups is 1. The van der Waals surface area contributed by atoms with Crippen LogP contribution in [0, 0.1) is 0 Å². The SMILES string of the molecule is O=C1NC(O)c2ccc(Oc3ccccc3)cc21. The second-order valence-electron chi connectivity index (χ2n) is 4.04. The monoisotopic (exact) mass is 241 g/mol. The molecule has 0 bridgehead atoms. The van der Waals surface area contributed by atoms with Crippen molar-refractivity contribution in [1.29, 1.82) is 0 Å². The standard InChI is InChI=1S/C14H11NO3/c16-13-11-7-6-10(8-12(11)14(17)15-13)18-9-4-2-1-3-5-9/h1-8,13,16H,(H,15,17). The lowest BCUT2D eigenvalue weighted by atomic mass is 10.1. The Kier molecular flexibility index (Phi) is 2.50. The topological polar surface area (TPSA) is 58.6 Å². The molecule has 0 spiro atoms. The van der Waals surface area contributed by atoms with Gasteiger partial charge < -0.3 is 15.2 Å². The van der Waals surface area contributed by atoms with Crippen LogP contribution in [-0.2, 0) is 0 Å². The van der Waals surface area contributed by atoms with Crippen LogP contribution in [0.2, 0.25) is 0 Å². The number of fused-ring (bicyclic) bond motifs is 1. The molecule has 0 fully saturated rings. The van der Waals surface area contributed by atoms with Crippen LogP contribution < -0.4 is 10.1 Å². The predicted molar refractivity (Wildman–Crippen MR) is 65.4 cm³/mol. The number of amides is 1. The number of aliphatic hydroxyl groups excluding tert-OH is 1. The Hall–Kier alpha value is -2.33. The van der Waals surface area contributed by atoms with Gasteiger partial charge in [0.25, 0.3) is 5.91 Å². The maximum Gasteiger partial charge on any atom is 0.254 e. The summed E-state index contributed by atoms with van der Waals surface area (Å²) < 4.78 is 5.63. The fraction of sp³-hybridized carbons (Fsp3) is 0.0714. The van der Waals surface area contributed by atoms with E-state index in [0.717, 1.165) is 0 Å². The summed E-state index contributed by atoms with van der Waals surface area (Å²) >= 11 is 0. The van der Waals surface area contributed by atoms with Crippen molar-refractivity contribution in [1.82, 2.24) is 5.32 Å². The molecule has 1 aliphatic rings. The van der Waals surface area contributed by atoms with E-state index in [9.17, 15) is 9.90 Å². The van der Waals surface area contributed by atoms with Crippen LogP contribution in [0.3, 0.4) is 0 Å². The van der Waals surface area contributed by atoms with Crippen LogP contribution in [0.4, 0.5) is 0 Å². The van der Waals surface area contributed by atoms with E-state index in [4.69, 9.17) is 4.74 Å². The van der Waals surface area contributed by atoms with Crippen molar-refractivity contribution in [3.63, 3.8) is 0 Å². The van der Waals surface area contributed by atoms with Gasteiger partial charge in [-0.2, -0.15) is 0 Å². The first-order valence-electron chi connectivity index (χ1n) is 5.60. The van der Waals surface area contributed by atoms with Crippen molar-refractivity contribution < 1.29 is 14.6 Å². The summed E-state index contributed by atoms with van der Waals surface area (Å²) in [5.41, 5.74) is 1.04. The fourth-order valence-electron chi connectivity index (χ4n) is 1.94. The van der Waals surface area contributed by atoms with Crippen molar-refractivity contribution in [3.8, 4) is 11.5 Å². The Morgan fingerprint density at radius 1 is 1.06 bits per heavy atom. The lowest BCUT2D eigenvalue weighted by molar-refractivity contribution is 0.0850. The first-order chi connectivity index (χ1) is 8.74. The molecule has 0 radical (unpaired) electrons. The number of carbonyl (C=O) groups is 1. The minimum absolute atomic E-state index is 0.281. The van der Waals surface area contributed by atoms with Gasteiger partial charge in [-0.05, 0) is 24.3 Å². The molecule has 0 saturated heterocycles. The summed E-state index contributed by atoms with van der Waals surface area (Å²) in [6.07, 6.45) is -0.918. The molecule has 2 N–H and O–H groups in total. The zero-order chi connectivity index (χ0) is 12.5. The molecular formula is C14H11NO3. The third-order valence-corrected chi connectivity index (χ3v) is 2.81. The van der Waals surface area contributed by atoms with Crippen LogP contribution >= 0.6 is 0 Å². The Bertz CT molecular complexity index is 595. The predicted octanol–water partition coefficient (Wildman–Crippen LogP) is 2.21. The molecule has 1 atom stereocenters. The van der Waals surface area contributed by atoms with E-state index in [2.05, 4.69) is 5.32 Å². The number of hydrogen-bond acceptors (Lipinski definition) is 3. The average molecular weight is 241 g/mol. The van der Waals surface area contributed by atoms with E-state index in [1.807, 2.05) is 30.3 Å². The lowest BCUT2D eigenvalue weighted by Gasteiger charge is -2.07. The second-order valence-corrected chi connectivity index (χ2v) is 4.04. The molecule has 0 saturated carbocycles. The first-order valence-corrected chi connectivity index (χ1v) is 5.60. The molecule has 18 heavy (non-hydrogen) atoms. The van der Waals surface area contributed by atoms with Crippen LogP contribution in [0.25, 0.3) is 0 Å². The maximum absolute atomic E-state index is 11.6. The molecule has 1 amide bonds. The molecule has 2 aromatic carbocycles. The van der Waals surface area contributed by atoms with Gasteiger partial charge >= 0.3 is 0 Å². The summed E-state index contributed by atoms with van der Waals surface area (Å²) in [4.78, 5) is 11.6. The van der Waals surface area contributed by atoms with Gasteiger partial charge in [-0.25, -0.2) is 0 Å². The van der Waals surface area contributed by atoms with E-state index in [-0.39, 0.29) is 5.91 Å². The Labute approximate surface area is 104 Å². The molecule has 1 aliphatic heterocycles. The lowest BCUT2D eigenvalue weighted by Crippen LogP contribution is -2.17. The second kappa shape index (κ2) is 4.16. The molecule has 90 valence electrons. The zero-order valence-corrected chi connectivity index (χ0v) is 9.46. The number of nitrogens with one attached hydrogen (secondary N) is 1. The van der Waals surface area contributed by atoms with Gasteiger partial charge in [-0.1, -0.05) is 24.3 Å². The fourth-order valence-corrected chi connectivity index (χ4v) is 1.94. The molecule has 1 unspecified atom stereocenters. The molecule has 4 heteroatoms. The number of hydrogen-bond donors (Lipinski definition) is 2. The van der Waals surface area contributed by atoms with Crippen LogP contribution in [-0.4, -0.2) is 11.0 Å². The van der Waals surface area contributed by atoms with Crippen molar-refractivity contribution >= 4 is 5.91 Å². The summed E-state index contributed by atoms with van der Waals surface area (Å²) in [6.45, 7) is 0. The first kappa shape index (κ1) is 10.8. The van der Waals surface area contributed by atoms with E-state index in [1.54, 1.807) is 18.2 Å². The van der Waals surface area contributed by atoms with E-state index in [1.165, 1.54) is 0 Å². The molecule has 4 nitrogen and oxygen atoms in total. The zero-order valence-electron chi connectivity index (χ0n) is 9.46. The third-order valence-electron chi connectivity index (χ3n) is 2.81. The van der Waals surface area contributed by atoms with Crippen LogP contribution in [0.1, 0.15) is 22.1 Å². The van der Waals surface area contributed by atoms with E-state index >= 15 is 0 Å². The molecule has 1 heterocycles.